The molecule has 0 amide bonds. The normalized spacial score (nSPS) is 23.2. The zero-order chi connectivity index (χ0) is 83.1. The molecular weight excluding hydrogens is 1460 g/mol. The molecular formula is C118H125BN2. The number of hydrogen-bond acceptors (Lipinski definition) is 2. The van der Waals surface area contributed by atoms with Crippen LogP contribution in [0.3, 0.4) is 0 Å². The Morgan fingerprint density at radius 1 is 0.364 bits per heavy atom. The quantitative estimate of drug-likeness (QED) is 0.126. The summed E-state index contributed by atoms with van der Waals surface area (Å²) >= 11 is 0. The third-order valence-corrected chi connectivity index (χ3v) is 31.4. The highest BCUT2D eigenvalue weighted by atomic mass is 15.2. The molecule has 121 heavy (non-hydrogen) atoms. The molecule has 0 aromatic heterocycles. The van der Waals surface area contributed by atoms with Crippen molar-refractivity contribution in [3.8, 4) is 44.5 Å². The molecule has 0 bridgehead atoms. The average molecular weight is 1580 g/mol. The van der Waals surface area contributed by atoms with Crippen LogP contribution in [0.25, 0.3) is 55.7 Å². The first-order valence-electron chi connectivity index (χ1n) is 47.0. The lowest BCUT2D eigenvalue weighted by molar-refractivity contribution is 0.105. The highest BCUT2D eigenvalue weighted by Gasteiger charge is 2.52. The van der Waals surface area contributed by atoms with Gasteiger partial charge in [-0.15, -0.1) is 0 Å². The first-order valence-corrected chi connectivity index (χ1v) is 47.0. The first-order chi connectivity index (χ1) is 58.1. The van der Waals surface area contributed by atoms with Gasteiger partial charge in [0.1, 0.15) is 0 Å². The van der Waals surface area contributed by atoms with Crippen LogP contribution in [0.5, 0.6) is 0 Å². The molecule has 0 saturated heterocycles. The van der Waals surface area contributed by atoms with Gasteiger partial charge < -0.3 is 9.80 Å². The molecule has 0 spiro atoms. The van der Waals surface area contributed by atoms with E-state index in [-0.39, 0.29) is 39.7 Å². The van der Waals surface area contributed by atoms with E-state index < -0.39 is 0 Å². The van der Waals surface area contributed by atoms with Gasteiger partial charge in [-0.25, -0.2) is 0 Å². The number of fused-ring (bicyclic) bond motifs is 4. The number of allylic oxidation sites excluding steroid dienone is 20. The molecule has 2 nitrogen and oxygen atoms in total. The van der Waals surface area contributed by atoms with Crippen molar-refractivity contribution < 1.29 is 0 Å². The summed E-state index contributed by atoms with van der Waals surface area (Å²) in [6.45, 7) is 36.8. The Labute approximate surface area is 725 Å². The predicted octanol–water partition coefficient (Wildman–Crippen LogP) is 30.9. The van der Waals surface area contributed by atoms with Crippen molar-refractivity contribution >= 4 is 68.4 Å². The minimum absolute atomic E-state index is 0.0302. The smallest absolute Gasteiger partial charge is 0.252 e. The van der Waals surface area contributed by atoms with Crippen LogP contribution in [0.2, 0.25) is 0 Å². The van der Waals surface area contributed by atoms with Gasteiger partial charge in [0, 0.05) is 62.8 Å². The van der Waals surface area contributed by atoms with Gasteiger partial charge in [-0.2, -0.15) is 0 Å². The molecule has 4 saturated carbocycles. The van der Waals surface area contributed by atoms with E-state index in [1.807, 2.05) is 0 Å². The number of benzene rings is 9. The third kappa shape index (κ3) is 13.5. The Hall–Kier alpha value is -9.96. The Morgan fingerprint density at radius 3 is 1.28 bits per heavy atom. The highest BCUT2D eigenvalue weighted by molar-refractivity contribution is 7.00. The van der Waals surface area contributed by atoms with E-state index in [4.69, 9.17) is 0 Å². The number of hydrogen-bond donors (Lipinski definition) is 0. The van der Waals surface area contributed by atoms with Crippen LogP contribution in [0, 0.1) is 63.1 Å². The van der Waals surface area contributed by atoms with Crippen LogP contribution in [0.15, 0.2) is 299 Å². The molecule has 21 rings (SSSR count). The van der Waals surface area contributed by atoms with Crippen molar-refractivity contribution in [3.63, 3.8) is 0 Å². The minimum atomic E-state index is -0.284. The van der Waals surface area contributed by atoms with Crippen molar-refractivity contribution in [2.45, 2.75) is 217 Å². The average Bonchev–Trinajstić information content (AvgIpc) is 0.684. The van der Waals surface area contributed by atoms with Crippen LogP contribution in [-0.4, -0.2) is 6.71 Å². The lowest BCUT2D eigenvalue weighted by Crippen LogP contribution is -2.61. The molecule has 0 N–H and O–H groups in total. The third-order valence-electron chi connectivity index (χ3n) is 31.4. The molecule has 7 unspecified atom stereocenters. The lowest BCUT2D eigenvalue weighted by Gasteiger charge is -2.53. The second-order valence-electron chi connectivity index (χ2n) is 44.0. The first kappa shape index (κ1) is 78.3. The molecule has 4 fully saturated rings. The van der Waals surface area contributed by atoms with Crippen LogP contribution in [0.1, 0.15) is 240 Å². The summed E-state index contributed by atoms with van der Waals surface area (Å²) in [5.41, 5.74) is 45.1. The van der Waals surface area contributed by atoms with E-state index in [0.29, 0.717) is 47.3 Å². The van der Waals surface area contributed by atoms with E-state index in [2.05, 4.69) is 362 Å². The molecule has 7 atom stereocenters. The van der Waals surface area contributed by atoms with Gasteiger partial charge in [0.15, 0.2) is 0 Å². The van der Waals surface area contributed by atoms with Crippen LogP contribution < -0.4 is 26.2 Å². The fourth-order valence-electron chi connectivity index (χ4n) is 24.6. The van der Waals surface area contributed by atoms with Crippen LogP contribution in [-0.2, 0) is 5.41 Å². The van der Waals surface area contributed by atoms with Crippen molar-refractivity contribution in [1.82, 2.24) is 0 Å². The molecule has 2 heterocycles. The monoisotopic (exact) mass is 1580 g/mol. The lowest BCUT2D eigenvalue weighted by atomic mass is 9.33. The summed E-state index contributed by atoms with van der Waals surface area (Å²) < 4.78 is 0. The van der Waals surface area contributed by atoms with Crippen LogP contribution >= 0.6 is 0 Å². The van der Waals surface area contributed by atoms with Gasteiger partial charge in [0.05, 0.1) is 11.4 Å². The van der Waals surface area contributed by atoms with E-state index in [0.717, 1.165) is 12.8 Å². The number of rotatable bonds is 10. The van der Waals surface area contributed by atoms with Crippen molar-refractivity contribution in [2.24, 2.45) is 63.1 Å². The predicted molar refractivity (Wildman–Crippen MR) is 517 cm³/mol. The fourth-order valence-corrected chi connectivity index (χ4v) is 24.6. The maximum atomic E-state index is 2.88. The molecule has 10 aliphatic carbocycles. The number of nitrogens with zero attached hydrogens (tertiary/aromatic N) is 2. The summed E-state index contributed by atoms with van der Waals surface area (Å²) in [4.78, 5) is 5.75. The standard InChI is InChI=1S/C118H125BN2/c1-114(2,3)88-54-80-46-48-82-56-90(116(7,8)9)68-99-93(64-86(58-88)107(80)109(82)99)78-50-52-103-101(66-78)119-102-67-79(94-65-87-59-89(115(4,5)6)55-81-47-49-83-57-91(117(10,11)12)69-100(94)110(83)108(81)87)51-53-104(102)121(113-97(76-42-30-20-31-43-76)62-85(73-36-24-17-25-37-73)63-98(113)77-44-32-21-33-45-77)106-71-92(118(13,14)15)70-105(111(106)119)120(103)112-95(74-38-26-18-27-39-74)60-84(72-34-22-16-23-35-72)61-96(112)75-40-28-19-29-41-75/h18-21,26-33,38-46,48,50-53,56-58,60-73,80-81,89,107-110H,16-17,22-25,34-37,47,49,54-55,59H2,1-15H3. The van der Waals surface area contributed by atoms with Gasteiger partial charge in [0.2, 0.25) is 0 Å². The molecule has 3 heteroatoms. The molecule has 0 radical (unpaired) electrons. The summed E-state index contributed by atoms with van der Waals surface area (Å²) in [5.74, 6) is 4.15. The van der Waals surface area contributed by atoms with Gasteiger partial charge in [-0.1, -0.05) is 359 Å². The highest BCUT2D eigenvalue weighted by Crippen LogP contribution is 2.64. The van der Waals surface area contributed by atoms with Gasteiger partial charge in [-0.05, 0) is 280 Å². The Kier molecular flexibility index (Phi) is 19.0. The molecule has 610 valence electrons. The second kappa shape index (κ2) is 29.4. The zero-order valence-electron chi connectivity index (χ0n) is 74.9. The van der Waals surface area contributed by atoms with Crippen molar-refractivity contribution in [1.29, 1.82) is 0 Å². The maximum absolute atomic E-state index is 2.88. The zero-order valence-corrected chi connectivity index (χ0v) is 74.9. The summed E-state index contributed by atoms with van der Waals surface area (Å²) in [5, 5.41) is 0. The van der Waals surface area contributed by atoms with E-state index in [9.17, 15) is 0 Å². The summed E-state index contributed by atoms with van der Waals surface area (Å²) in [7, 11) is 0. The van der Waals surface area contributed by atoms with Gasteiger partial charge in [-0.3, -0.25) is 0 Å². The van der Waals surface area contributed by atoms with E-state index in [1.165, 1.54) is 245 Å². The number of anilines is 6. The summed E-state index contributed by atoms with van der Waals surface area (Å²) in [6.07, 6.45) is 42.6. The Balaban J connectivity index is 0.927. The minimum Gasteiger partial charge on any atom is -0.310 e. The van der Waals surface area contributed by atoms with Gasteiger partial charge >= 0.3 is 0 Å². The fraction of sp³-hybridized carbons (Fsp3) is 0.373. The molecule has 2 aliphatic heterocycles. The largest absolute Gasteiger partial charge is 0.310 e. The Morgan fingerprint density at radius 2 is 0.826 bits per heavy atom. The van der Waals surface area contributed by atoms with Crippen molar-refractivity contribution in [2.75, 3.05) is 9.80 Å². The maximum Gasteiger partial charge on any atom is 0.252 e. The second-order valence-corrected chi connectivity index (χ2v) is 44.0. The topological polar surface area (TPSA) is 6.48 Å². The van der Waals surface area contributed by atoms with Crippen molar-refractivity contribution in [3.05, 3.63) is 327 Å². The summed E-state index contributed by atoms with van der Waals surface area (Å²) in [6, 6.07) is 78.8. The van der Waals surface area contributed by atoms with E-state index >= 15 is 0 Å². The molecule has 12 aliphatic rings. The molecule has 9 aromatic carbocycles. The van der Waals surface area contributed by atoms with E-state index in [1.54, 1.807) is 22.3 Å². The van der Waals surface area contributed by atoms with Crippen LogP contribution in [0.4, 0.5) is 34.1 Å². The van der Waals surface area contributed by atoms with Gasteiger partial charge in [0.25, 0.3) is 6.71 Å². The molecule has 9 aromatic rings. The SMILES string of the molecule is CC(C)(C)C1=CC2=C(c3ccc4c(c3)B3c5cc(C6=C7C=C(C(C)(C)C)C=C8CCC9CC(C(C)(C)C)CC(=C6)C9C87)ccc5N(c5c(-c6ccccc6)cc(C6CCCCC6)cc5-c5ccccc5)c5cc(C(C)(C)C)cc(c53)N4c3c(-c4ccccc4)cc(C4CCCCC4)cc3-c3ccccc3)C=C3C=C(C(C)(C)C)CC4C=CC(=C1)C2C34. The Bertz CT molecular complexity index is 5900.